The van der Waals surface area contributed by atoms with Gasteiger partial charge in [0.05, 0.1) is 10.6 Å². The van der Waals surface area contributed by atoms with Crippen LogP contribution >= 0.6 is 0 Å². The van der Waals surface area contributed by atoms with Crippen molar-refractivity contribution in [2.75, 3.05) is 36.4 Å². The summed E-state index contributed by atoms with van der Waals surface area (Å²) >= 11 is 0. The lowest BCUT2D eigenvalue weighted by molar-refractivity contribution is -0.0384. The molecule has 0 aliphatic carbocycles. The van der Waals surface area contributed by atoms with Crippen LogP contribution < -0.4 is 10.2 Å². The second-order valence-corrected chi connectivity index (χ2v) is 9.32. The lowest BCUT2D eigenvalue weighted by atomic mass is 10.1. The van der Waals surface area contributed by atoms with Gasteiger partial charge in [0.1, 0.15) is 0 Å². The van der Waals surface area contributed by atoms with Crippen LogP contribution in [0.3, 0.4) is 0 Å². The largest absolute Gasteiger partial charge is 0.475 e. The lowest BCUT2D eigenvalue weighted by Gasteiger charge is -2.36. The van der Waals surface area contributed by atoms with Gasteiger partial charge in [0, 0.05) is 44.0 Å². The van der Waals surface area contributed by atoms with Crippen LogP contribution in [0.1, 0.15) is 15.9 Å². The summed E-state index contributed by atoms with van der Waals surface area (Å²) in [6.07, 6.45) is 0. The van der Waals surface area contributed by atoms with Crippen molar-refractivity contribution in [3.63, 3.8) is 0 Å². The molecule has 5 nitrogen and oxygen atoms in total. The van der Waals surface area contributed by atoms with Crippen molar-refractivity contribution in [2.24, 2.45) is 0 Å². The zero-order valence-corrected chi connectivity index (χ0v) is 19.1. The molecule has 1 N–H and O–H groups in total. The molecule has 0 spiro atoms. The maximum absolute atomic E-state index is 13.2. The minimum Gasteiger partial charge on any atom is -0.380 e. The summed E-state index contributed by atoms with van der Waals surface area (Å²) in [5, 5.41) is 3.03. The number of halogens is 3. The Kier molecular flexibility index (Phi) is 7.21. The van der Waals surface area contributed by atoms with E-state index in [-0.39, 0.29) is 16.5 Å². The maximum atomic E-state index is 13.2. The molecule has 1 aliphatic rings. The van der Waals surface area contributed by atoms with Crippen molar-refractivity contribution >= 4 is 28.1 Å². The maximum Gasteiger partial charge on any atom is 0.475 e. The van der Waals surface area contributed by atoms with Crippen LogP contribution in [0.2, 0.25) is 0 Å². The van der Waals surface area contributed by atoms with Crippen LogP contribution in [0.4, 0.5) is 24.5 Å². The highest BCUT2D eigenvalue weighted by Crippen LogP contribution is 2.34. The molecular weight excluding hydrogens is 463 g/mol. The first kappa shape index (κ1) is 23.8. The number of alkyl halides is 3. The first-order valence-corrected chi connectivity index (χ1v) is 12.0. The molecule has 9 heteroatoms. The molecule has 1 atom stereocenters. The van der Waals surface area contributed by atoms with Gasteiger partial charge in [0.2, 0.25) is 0 Å². The standard InChI is InChI=1S/C25H24F3N3O2S/c26-25(27,28)34(33)23-12-11-21(17-22(23)29-18-19-7-3-1-4-8-19)30-13-15-31(16-14-30)24(32)20-9-5-2-6-10-20/h1-12,17,29H,13-16,18H2. The van der Waals surface area contributed by atoms with Gasteiger partial charge >= 0.3 is 5.51 Å². The summed E-state index contributed by atoms with van der Waals surface area (Å²) in [5.74, 6) is -0.0404. The number of amides is 1. The van der Waals surface area contributed by atoms with E-state index in [1.54, 1.807) is 29.2 Å². The molecule has 178 valence electrons. The van der Waals surface area contributed by atoms with Gasteiger partial charge < -0.3 is 15.1 Å². The Morgan fingerprint density at radius 3 is 2.12 bits per heavy atom. The van der Waals surface area contributed by atoms with Gasteiger partial charge in [0.25, 0.3) is 5.91 Å². The Balaban J connectivity index is 1.51. The third-order valence-corrected chi connectivity index (χ3v) is 6.83. The van der Waals surface area contributed by atoms with Gasteiger partial charge in [-0.2, -0.15) is 13.2 Å². The van der Waals surface area contributed by atoms with Gasteiger partial charge in [-0.05, 0) is 35.9 Å². The summed E-state index contributed by atoms with van der Waals surface area (Å²) in [6, 6.07) is 22.8. The lowest BCUT2D eigenvalue weighted by Crippen LogP contribution is -2.48. The number of anilines is 2. The predicted octanol–water partition coefficient (Wildman–Crippen LogP) is 4.89. The monoisotopic (exact) mass is 487 g/mol. The molecule has 1 fully saturated rings. The Hall–Kier alpha value is -3.33. The fraction of sp³-hybridized carbons (Fsp3) is 0.240. The van der Waals surface area contributed by atoms with E-state index in [2.05, 4.69) is 5.32 Å². The molecule has 0 bridgehead atoms. The molecule has 0 aromatic heterocycles. The number of carbonyl (C=O) groups is 1. The van der Waals surface area contributed by atoms with Crippen molar-refractivity contribution in [3.8, 4) is 0 Å². The molecular formula is C25H24F3N3O2S. The fourth-order valence-electron chi connectivity index (χ4n) is 3.86. The number of nitrogens with zero attached hydrogens (tertiary/aromatic N) is 2. The number of piperazine rings is 1. The third-order valence-electron chi connectivity index (χ3n) is 5.65. The molecule has 1 aliphatic heterocycles. The molecule has 0 saturated carbocycles. The summed E-state index contributed by atoms with van der Waals surface area (Å²) in [7, 11) is -3.15. The van der Waals surface area contributed by atoms with E-state index in [0.717, 1.165) is 5.56 Å². The van der Waals surface area contributed by atoms with E-state index < -0.39 is 16.3 Å². The summed E-state index contributed by atoms with van der Waals surface area (Å²) in [4.78, 5) is 16.2. The van der Waals surface area contributed by atoms with Gasteiger partial charge in [-0.15, -0.1) is 0 Å². The minimum atomic E-state index is -4.85. The number of carbonyl (C=O) groups excluding carboxylic acids is 1. The van der Waals surface area contributed by atoms with Crippen LogP contribution in [0.25, 0.3) is 0 Å². The number of rotatable bonds is 6. The van der Waals surface area contributed by atoms with Crippen LogP contribution in [0, 0.1) is 0 Å². The minimum absolute atomic E-state index is 0.0404. The topological polar surface area (TPSA) is 52.7 Å². The van der Waals surface area contributed by atoms with Crippen molar-refractivity contribution in [2.45, 2.75) is 16.9 Å². The van der Waals surface area contributed by atoms with Gasteiger partial charge in [-0.1, -0.05) is 48.5 Å². The van der Waals surface area contributed by atoms with Gasteiger partial charge in [-0.25, -0.2) is 4.21 Å². The fourth-order valence-corrected chi connectivity index (χ4v) is 4.64. The molecule has 3 aromatic carbocycles. The summed E-state index contributed by atoms with van der Waals surface area (Å²) in [6.45, 7) is 2.37. The van der Waals surface area contributed by atoms with E-state index in [0.29, 0.717) is 44.0 Å². The number of hydrogen-bond acceptors (Lipinski definition) is 4. The predicted molar refractivity (Wildman–Crippen MR) is 127 cm³/mol. The number of nitrogens with one attached hydrogen (secondary N) is 1. The average Bonchev–Trinajstić information content (AvgIpc) is 2.87. The highest BCUT2D eigenvalue weighted by atomic mass is 32.2. The van der Waals surface area contributed by atoms with Crippen LogP contribution in [0.5, 0.6) is 0 Å². The highest BCUT2D eigenvalue weighted by molar-refractivity contribution is 7.86. The third kappa shape index (κ3) is 5.59. The van der Waals surface area contributed by atoms with E-state index in [4.69, 9.17) is 0 Å². The van der Waals surface area contributed by atoms with Crippen LogP contribution in [-0.2, 0) is 17.3 Å². The zero-order chi connectivity index (χ0) is 24.1. The Labute approximate surface area is 198 Å². The first-order chi connectivity index (χ1) is 16.3. The zero-order valence-electron chi connectivity index (χ0n) is 18.3. The van der Waals surface area contributed by atoms with Gasteiger partial charge in [0.15, 0.2) is 10.8 Å². The first-order valence-electron chi connectivity index (χ1n) is 10.8. The molecule has 0 radical (unpaired) electrons. The SMILES string of the molecule is O=C(c1ccccc1)N1CCN(c2ccc(S(=O)C(F)(F)F)c(NCc3ccccc3)c2)CC1. The summed E-state index contributed by atoms with van der Waals surface area (Å²) in [5.41, 5.74) is -2.44. The number of hydrogen-bond donors (Lipinski definition) is 1. The number of benzene rings is 3. The van der Waals surface area contributed by atoms with Gasteiger partial charge in [-0.3, -0.25) is 4.79 Å². The Morgan fingerprint density at radius 1 is 0.882 bits per heavy atom. The second kappa shape index (κ2) is 10.3. The smallest absolute Gasteiger partial charge is 0.380 e. The van der Waals surface area contributed by atoms with Crippen LogP contribution in [-0.4, -0.2) is 46.7 Å². The quantitative estimate of drug-likeness (QED) is 0.538. The molecule has 1 heterocycles. The highest BCUT2D eigenvalue weighted by Gasteiger charge is 2.39. The Bertz CT molecular complexity index is 1150. The molecule has 4 rings (SSSR count). The normalized spacial score (nSPS) is 15.1. The molecule has 34 heavy (non-hydrogen) atoms. The second-order valence-electron chi connectivity index (χ2n) is 7.88. The van der Waals surface area contributed by atoms with Crippen molar-refractivity contribution < 1.29 is 22.2 Å². The van der Waals surface area contributed by atoms with Crippen molar-refractivity contribution in [3.05, 3.63) is 90.0 Å². The average molecular weight is 488 g/mol. The summed E-state index contributed by atoms with van der Waals surface area (Å²) < 4.78 is 51.8. The van der Waals surface area contributed by atoms with E-state index >= 15 is 0 Å². The Morgan fingerprint density at radius 2 is 1.50 bits per heavy atom. The van der Waals surface area contributed by atoms with E-state index in [1.165, 1.54) is 6.07 Å². The molecule has 1 saturated heterocycles. The van der Waals surface area contributed by atoms with Crippen LogP contribution in [0.15, 0.2) is 83.8 Å². The molecule has 1 amide bonds. The molecule has 3 aromatic rings. The molecule has 1 unspecified atom stereocenters. The van der Waals surface area contributed by atoms with Crippen molar-refractivity contribution in [1.82, 2.24) is 4.90 Å². The van der Waals surface area contributed by atoms with Crippen molar-refractivity contribution in [1.29, 1.82) is 0 Å². The van der Waals surface area contributed by atoms with E-state index in [9.17, 15) is 22.2 Å². The van der Waals surface area contributed by atoms with E-state index in [1.807, 2.05) is 53.4 Å².